The van der Waals surface area contributed by atoms with Gasteiger partial charge in [0.15, 0.2) is 0 Å². The molecule has 0 aliphatic carbocycles. The Bertz CT molecular complexity index is 861. The number of amides is 1. The van der Waals surface area contributed by atoms with Gasteiger partial charge in [-0.3, -0.25) is 9.10 Å². The van der Waals surface area contributed by atoms with Crippen molar-refractivity contribution in [2.45, 2.75) is 30.6 Å². The van der Waals surface area contributed by atoms with E-state index in [1.807, 2.05) is 20.1 Å². The van der Waals surface area contributed by atoms with Crippen molar-refractivity contribution < 1.29 is 13.2 Å². The standard InChI is InChI=1S/C20H26N2O3S2/c1-5-22(27(24,25)19-12-10-18(26-4)11-13-19)17-8-6-16(7-9-17)20(23)21-14-15(2)3/h6-13,15H,5,14H2,1-4H3,(H,21,23). The molecule has 7 heteroatoms. The van der Waals surface area contributed by atoms with E-state index in [0.29, 0.717) is 30.3 Å². The van der Waals surface area contributed by atoms with Crippen LogP contribution in [0.4, 0.5) is 5.69 Å². The highest BCUT2D eigenvalue weighted by Gasteiger charge is 2.23. The second kappa shape index (κ2) is 9.28. The zero-order chi connectivity index (χ0) is 20.0. The molecule has 0 atom stereocenters. The van der Waals surface area contributed by atoms with Gasteiger partial charge in [0.05, 0.1) is 10.6 Å². The Kier molecular flexibility index (Phi) is 7.33. The van der Waals surface area contributed by atoms with Gasteiger partial charge in [-0.1, -0.05) is 13.8 Å². The minimum absolute atomic E-state index is 0.159. The van der Waals surface area contributed by atoms with Crippen LogP contribution in [0.5, 0.6) is 0 Å². The lowest BCUT2D eigenvalue weighted by molar-refractivity contribution is 0.0949. The zero-order valence-electron chi connectivity index (χ0n) is 16.1. The van der Waals surface area contributed by atoms with Crippen molar-refractivity contribution in [1.29, 1.82) is 0 Å². The first-order chi connectivity index (χ1) is 12.8. The maximum absolute atomic E-state index is 13.0. The summed E-state index contributed by atoms with van der Waals surface area (Å²) in [5, 5.41) is 2.86. The van der Waals surface area contributed by atoms with Crippen LogP contribution in [0.1, 0.15) is 31.1 Å². The lowest BCUT2D eigenvalue weighted by atomic mass is 10.1. The van der Waals surface area contributed by atoms with Crippen LogP contribution >= 0.6 is 11.8 Å². The molecule has 0 radical (unpaired) electrons. The van der Waals surface area contributed by atoms with Crippen molar-refractivity contribution in [2.24, 2.45) is 5.92 Å². The Hall–Kier alpha value is -1.99. The number of sulfonamides is 1. The molecule has 0 bridgehead atoms. The SMILES string of the molecule is CCN(c1ccc(C(=O)NCC(C)C)cc1)S(=O)(=O)c1ccc(SC)cc1. The van der Waals surface area contributed by atoms with E-state index in [9.17, 15) is 13.2 Å². The topological polar surface area (TPSA) is 66.5 Å². The van der Waals surface area contributed by atoms with Crippen molar-refractivity contribution in [1.82, 2.24) is 5.32 Å². The maximum Gasteiger partial charge on any atom is 0.264 e. The summed E-state index contributed by atoms with van der Waals surface area (Å²) in [6.45, 7) is 6.74. The molecule has 0 saturated carbocycles. The second-order valence-electron chi connectivity index (χ2n) is 6.50. The third-order valence-electron chi connectivity index (χ3n) is 4.02. The molecule has 2 aromatic rings. The molecule has 2 rings (SSSR count). The van der Waals surface area contributed by atoms with Crippen LogP contribution in [0.25, 0.3) is 0 Å². The molecular weight excluding hydrogens is 380 g/mol. The molecule has 5 nitrogen and oxygen atoms in total. The molecule has 0 unspecified atom stereocenters. The Morgan fingerprint density at radius 3 is 2.15 bits per heavy atom. The molecule has 2 aromatic carbocycles. The lowest BCUT2D eigenvalue weighted by Gasteiger charge is -2.23. The van der Waals surface area contributed by atoms with E-state index in [1.54, 1.807) is 67.2 Å². The lowest BCUT2D eigenvalue weighted by Crippen LogP contribution is -2.31. The number of nitrogens with zero attached hydrogens (tertiary/aromatic N) is 1. The molecule has 0 spiro atoms. The predicted molar refractivity (Wildman–Crippen MR) is 112 cm³/mol. The first-order valence-electron chi connectivity index (χ1n) is 8.84. The van der Waals surface area contributed by atoms with E-state index in [-0.39, 0.29) is 10.8 Å². The van der Waals surface area contributed by atoms with Crippen molar-refractivity contribution in [3.05, 3.63) is 54.1 Å². The van der Waals surface area contributed by atoms with E-state index < -0.39 is 10.0 Å². The third kappa shape index (κ3) is 5.26. The summed E-state index contributed by atoms with van der Waals surface area (Å²) in [5.41, 5.74) is 1.05. The van der Waals surface area contributed by atoms with Crippen molar-refractivity contribution >= 4 is 33.4 Å². The van der Waals surface area contributed by atoms with Gasteiger partial charge in [-0.15, -0.1) is 11.8 Å². The fourth-order valence-electron chi connectivity index (χ4n) is 2.54. The normalized spacial score (nSPS) is 11.4. The van der Waals surface area contributed by atoms with E-state index in [4.69, 9.17) is 0 Å². The number of nitrogens with one attached hydrogen (secondary N) is 1. The smallest absolute Gasteiger partial charge is 0.264 e. The Morgan fingerprint density at radius 2 is 1.67 bits per heavy atom. The Morgan fingerprint density at radius 1 is 1.07 bits per heavy atom. The van der Waals surface area contributed by atoms with E-state index in [0.717, 1.165) is 4.90 Å². The largest absolute Gasteiger partial charge is 0.352 e. The van der Waals surface area contributed by atoms with Gasteiger partial charge in [-0.05, 0) is 67.6 Å². The predicted octanol–water partition coefficient (Wildman–Crippen LogP) is 4.01. The number of rotatable bonds is 8. The van der Waals surface area contributed by atoms with Crippen LogP contribution < -0.4 is 9.62 Å². The van der Waals surface area contributed by atoms with Crippen molar-refractivity contribution in [3.8, 4) is 0 Å². The molecule has 0 aliphatic heterocycles. The summed E-state index contributed by atoms with van der Waals surface area (Å²) in [6.07, 6.45) is 1.95. The summed E-state index contributed by atoms with van der Waals surface area (Å²) in [4.78, 5) is 13.4. The summed E-state index contributed by atoms with van der Waals surface area (Å²) >= 11 is 1.56. The highest BCUT2D eigenvalue weighted by Crippen LogP contribution is 2.25. The van der Waals surface area contributed by atoms with E-state index >= 15 is 0 Å². The minimum Gasteiger partial charge on any atom is -0.352 e. The molecule has 0 fully saturated rings. The first kappa shape index (κ1) is 21.3. The van der Waals surface area contributed by atoms with Gasteiger partial charge in [0.25, 0.3) is 15.9 Å². The van der Waals surface area contributed by atoms with E-state index in [1.165, 1.54) is 4.31 Å². The molecule has 1 amide bonds. The van der Waals surface area contributed by atoms with E-state index in [2.05, 4.69) is 5.32 Å². The third-order valence-corrected chi connectivity index (χ3v) is 6.68. The number of thioether (sulfide) groups is 1. The molecule has 0 aromatic heterocycles. The molecule has 0 aliphatic rings. The summed E-state index contributed by atoms with van der Waals surface area (Å²) in [6, 6.07) is 13.5. The van der Waals surface area contributed by atoms with Crippen molar-refractivity contribution in [3.63, 3.8) is 0 Å². The number of hydrogen-bond donors (Lipinski definition) is 1. The molecule has 27 heavy (non-hydrogen) atoms. The molecule has 1 N–H and O–H groups in total. The summed E-state index contributed by atoms with van der Waals surface area (Å²) in [5.74, 6) is 0.209. The number of anilines is 1. The van der Waals surface area contributed by atoms with Crippen LogP contribution in [0.15, 0.2) is 58.3 Å². The van der Waals surface area contributed by atoms with Gasteiger partial charge in [0.2, 0.25) is 0 Å². The number of carbonyl (C=O) groups excluding carboxylic acids is 1. The number of hydrogen-bond acceptors (Lipinski definition) is 4. The Balaban J connectivity index is 2.24. The minimum atomic E-state index is -3.66. The zero-order valence-corrected chi connectivity index (χ0v) is 17.7. The molecular formula is C20H26N2O3S2. The molecule has 0 heterocycles. The Labute approximate surface area is 166 Å². The van der Waals surface area contributed by atoms with Crippen LogP contribution in [0.3, 0.4) is 0 Å². The quantitative estimate of drug-likeness (QED) is 0.673. The molecule has 146 valence electrons. The van der Waals surface area contributed by atoms with Crippen molar-refractivity contribution in [2.75, 3.05) is 23.7 Å². The van der Waals surface area contributed by atoms with Crippen LogP contribution in [0.2, 0.25) is 0 Å². The number of benzene rings is 2. The number of carbonyl (C=O) groups is 1. The van der Waals surface area contributed by atoms with Gasteiger partial charge < -0.3 is 5.32 Å². The highest BCUT2D eigenvalue weighted by molar-refractivity contribution is 7.98. The monoisotopic (exact) mass is 406 g/mol. The summed E-state index contributed by atoms with van der Waals surface area (Å²) in [7, 11) is -3.66. The maximum atomic E-state index is 13.0. The highest BCUT2D eigenvalue weighted by atomic mass is 32.2. The average Bonchev–Trinajstić information content (AvgIpc) is 2.67. The van der Waals surface area contributed by atoms with Gasteiger partial charge in [-0.2, -0.15) is 0 Å². The van der Waals surface area contributed by atoms with Gasteiger partial charge in [-0.25, -0.2) is 8.42 Å². The molecule has 0 saturated heterocycles. The fourth-order valence-corrected chi connectivity index (χ4v) is 4.43. The van der Waals surface area contributed by atoms with Crippen LogP contribution in [-0.4, -0.2) is 33.7 Å². The second-order valence-corrected chi connectivity index (χ2v) is 9.24. The van der Waals surface area contributed by atoms with Crippen LogP contribution in [-0.2, 0) is 10.0 Å². The first-order valence-corrected chi connectivity index (χ1v) is 11.5. The van der Waals surface area contributed by atoms with Crippen LogP contribution in [0, 0.1) is 5.92 Å². The summed E-state index contributed by atoms with van der Waals surface area (Å²) < 4.78 is 27.3. The van der Waals surface area contributed by atoms with Gasteiger partial charge in [0, 0.05) is 23.5 Å². The average molecular weight is 407 g/mol. The van der Waals surface area contributed by atoms with Gasteiger partial charge in [0.1, 0.15) is 0 Å². The van der Waals surface area contributed by atoms with Gasteiger partial charge >= 0.3 is 0 Å². The fraction of sp³-hybridized carbons (Fsp3) is 0.350.